The Morgan fingerprint density at radius 3 is 2.89 bits per heavy atom. The predicted octanol–water partition coefficient (Wildman–Crippen LogP) is 4.14. The molecule has 4 heteroatoms. The van der Waals surface area contributed by atoms with E-state index >= 15 is 0 Å². The van der Waals surface area contributed by atoms with Crippen LogP contribution in [0.2, 0.25) is 10.0 Å². The van der Waals surface area contributed by atoms with Gasteiger partial charge in [-0.3, -0.25) is 4.98 Å². The monoisotopic (exact) mass is 294 g/mol. The van der Waals surface area contributed by atoms with E-state index in [1.807, 2.05) is 12.1 Å². The molecule has 1 aliphatic rings. The first kappa shape index (κ1) is 13.2. The Morgan fingerprint density at radius 1 is 1.26 bits per heavy atom. The number of hydrogen-bond acceptors (Lipinski definition) is 2. The minimum Gasteiger partial charge on any atom is -0.313 e. The molecule has 3 rings (SSSR count). The van der Waals surface area contributed by atoms with Crippen molar-refractivity contribution in [1.82, 2.24) is 10.3 Å². The number of fused-ring (bicyclic) bond motifs is 2. The summed E-state index contributed by atoms with van der Waals surface area (Å²) in [5, 5.41) is 5.71. The molecule has 0 atom stereocenters. The number of rotatable bonds is 3. The van der Waals surface area contributed by atoms with Gasteiger partial charge in [0.25, 0.3) is 0 Å². The Morgan fingerprint density at radius 2 is 2.11 bits per heavy atom. The number of pyridine rings is 1. The fourth-order valence-electron chi connectivity index (χ4n) is 2.82. The first-order valence-corrected chi connectivity index (χ1v) is 7.47. The van der Waals surface area contributed by atoms with Crippen molar-refractivity contribution in [3.8, 4) is 0 Å². The zero-order valence-electron chi connectivity index (χ0n) is 10.9. The third-order valence-corrected chi connectivity index (χ3v) is 4.54. The van der Waals surface area contributed by atoms with Gasteiger partial charge in [0.2, 0.25) is 0 Å². The van der Waals surface area contributed by atoms with Crippen LogP contribution in [0.1, 0.15) is 30.2 Å². The second-order valence-corrected chi connectivity index (χ2v) is 5.69. The van der Waals surface area contributed by atoms with Crippen LogP contribution in [0, 0.1) is 0 Å². The Bertz CT molecular complexity index is 638. The second-order valence-electron chi connectivity index (χ2n) is 4.91. The molecule has 0 spiro atoms. The molecule has 1 aromatic heterocycles. The van der Waals surface area contributed by atoms with Gasteiger partial charge in [-0.25, -0.2) is 0 Å². The van der Waals surface area contributed by atoms with Gasteiger partial charge in [-0.2, -0.15) is 0 Å². The molecule has 0 saturated carbocycles. The molecule has 1 N–H and O–H groups in total. The number of nitrogens with one attached hydrogen (secondary N) is 1. The largest absolute Gasteiger partial charge is 0.313 e. The minimum atomic E-state index is 0.576. The van der Waals surface area contributed by atoms with E-state index in [9.17, 15) is 0 Å². The van der Waals surface area contributed by atoms with E-state index in [1.54, 1.807) is 0 Å². The molecule has 0 radical (unpaired) electrons. The van der Waals surface area contributed by atoms with Crippen LogP contribution in [-0.4, -0.2) is 11.5 Å². The van der Waals surface area contributed by atoms with Crippen molar-refractivity contribution in [3.63, 3.8) is 0 Å². The van der Waals surface area contributed by atoms with Crippen molar-refractivity contribution >= 4 is 34.1 Å². The molecule has 0 fully saturated rings. The van der Waals surface area contributed by atoms with Gasteiger partial charge in [-0.05, 0) is 43.0 Å². The van der Waals surface area contributed by atoms with Crippen LogP contribution in [0.15, 0.2) is 12.1 Å². The average Bonchev–Trinajstić information content (AvgIpc) is 2.87. The molecule has 1 aromatic carbocycles. The quantitative estimate of drug-likeness (QED) is 0.920. The zero-order chi connectivity index (χ0) is 13.4. The Kier molecular flexibility index (Phi) is 3.66. The van der Waals surface area contributed by atoms with Crippen molar-refractivity contribution in [2.75, 3.05) is 6.54 Å². The summed E-state index contributed by atoms with van der Waals surface area (Å²) in [6.45, 7) is 3.95. The lowest BCUT2D eigenvalue weighted by molar-refractivity contribution is 0.724. The van der Waals surface area contributed by atoms with Crippen LogP contribution in [0.3, 0.4) is 0 Å². The van der Waals surface area contributed by atoms with E-state index in [-0.39, 0.29) is 0 Å². The maximum atomic E-state index is 6.32. The third kappa shape index (κ3) is 2.22. The van der Waals surface area contributed by atoms with Gasteiger partial charge in [0.1, 0.15) is 0 Å². The van der Waals surface area contributed by atoms with E-state index in [0.29, 0.717) is 10.0 Å². The van der Waals surface area contributed by atoms with E-state index in [4.69, 9.17) is 28.2 Å². The molecule has 2 aromatic rings. The molecule has 0 bridgehead atoms. The molecule has 1 heterocycles. The number of nitrogens with zero attached hydrogens (tertiary/aromatic N) is 1. The van der Waals surface area contributed by atoms with Crippen molar-refractivity contribution < 1.29 is 0 Å². The molecule has 0 saturated heterocycles. The molecular weight excluding hydrogens is 279 g/mol. The summed E-state index contributed by atoms with van der Waals surface area (Å²) in [6, 6.07) is 3.91. The average molecular weight is 295 g/mol. The van der Waals surface area contributed by atoms with Gasteiger partial charge in [-0.15, -0.1) is 0 Å². The maximum Gasteiger partial charge on any atom is 0.0910 e. The first-order chi connectivity index (χ1) is 9.22. The topological polar surface area (TPSA) is 24.9 Å². The van der Waals surface area contributed by atoms with Crippen LogP contribution in [0.5, 0.6) is 0 Å². The zero-order valence-corrected chi connectivity index (χ0v) is 12.4. The lowest BCUT2D eigenvalue weighted by Crippen LogP contribution is -2.14. The molecule has 0 amide bonds. The highest BCUT2D eigenvalue weighted by Crippen LogP contribution is 2.35. The van der Waals surface area contributed by atoms with E-state index < -0.39 is 0 Å². The van der Waals surface area contributed by atoms with Gasteiger partial charge < -0.3 is 5.32 Å². The van der Waals surface area contributed by atoms with Crippen LogP contribution in [0.25, 0.3) is 10.9 Å². The lowest BCUT2D eigenvalue weighted by Gasteiger charge is -2.14. The number of aromatic nitrogens is 1. The summed E-state index contributed by atoms with van der Waals surface area (Å²) in [4.78, 5) is 4.74. The summed E-state index contributed by atoms with van der Waals surface area (Å²) in [5.74, 6) is 0. The van der Waals surface area contributed by atoms with Gasteiger partial charge in [0, 0.05) is 17.6 Å². The summed E-state index contributed by atoms with van der Waals surface area (Å²) in [7, 11) is 0. The summed E-state index contributed by atoms with van der Waals surface area (Å²) in [6.07, 6.45) is 3.36. The maximum absolute atomic E-state index is 6.32. The van der Waals surface area contributed by atoms with Crippen LogP contribution >= 0.6 is 23.2 Å². The predicted molar refractivity (Wildman–Crippen MR) is 81.2 cm³/mol. The Hall–Kier alpha value is -0.830. The van der Waals surface area contributed by atoms with Crippen molar-refractivity contribution in [3.05, 3.63) is 39.0 Å². The molecule has 0 aliphatic heterocycles. The van der Waals surface area contributed by atoms with Gasteiger partial charge >= 0.3 is 0 Å². The van der Waals surface area contributed by atoms with E-state index in [0.717, 1.165) is 36.8 Å². The second kappa shape index (κ2) is 5.28. The SMILES string of the molecule is CCNCc1c2c(nc3c(Cl)c(Cl)ccc13)CCC2. The molecule has 19 heavy (non-hydrogen) atoms. The van der Waals surface area contributed by atoms with E-state index in [2.05, 4.69) is 12.2 Å². The van der Waals surface area contributed by atoms with Crippen molar-refractivity contribution in [2.45, 2.75) is 32.7 Å². The fourth-order valence-corrected chi connectivity index (χ4v) is 3.18. The van der Waals surface area contributed by atoms with Crippen molar-refractivity contribution in [1.29, 1.82) is 0 Å². The number of benzene rings is 1. The number of halogens is 2. The molecular formula is C15H16Cl2N2. The van der Waals surface area contributed by atoms with Crippen LogP contribution < -0.4 is 5.32 Å². The number of hydrogen-bond donors (Lipinski definition) is 1. The minimum absolute atomic E-state index is 0.576. The Labute approximate surface area is 123 Å². The van der Waals surface area contributed by atoms with Crippen LogP contribution in [0.4, 0.5) is 0 Å². The highest BCUT2D eigenvalue weighted by Gasteiger charge is 2.20. The summed E-state index contributed by atoms with van der Waals surface area (Å²) in [5.41, 5.74) is 4.80. The highest BCUT2D eigenvalue weighted by atomic mass is 35.5. The third-order valence-electron chi connectivity index (χ3n) is 3.75. The first-order valence-electron chi connectivity index (χ1n) is 6.71. The summed E-state index contributed by atoms with van der Waals surface area (Å²) >= 11 is 12.4. The summed E-state index contributed by atoms with van der Waals surface area (Å²) < 4.78 is 0. The van der Waals surface area contributed by atoms with Gasteiger partial charge in [0.15, 0.2) is 0 Å². The number of aryl methyl sites for hydroxylation is 1. The molecule has 1 aliphatic carbocycles. The molecule has 0 unspecified atom stereocenters. The van der Waals surface area contributed by atoms with Gasteiger partial charge in [-0.1, -0.05) is 36.2 Å². The fraction of sp³-hybridized carbons (Fsp3) is 0.400. The lowest BCUT2D eigenvalue weighted by atomic mass is 10.0. The smallest absolute Gasteiger partial charge is 0.0910 e. The Balaban J connectivity index is 2.27. The molecule has 2 nitrogen and oxygen atoms in total. The van der Waals surface area contributed by atoms with Gasteiger partial charge in [0.05, 0.1) is 15.6 Å². The normalized spacial score (nSPS) is 14.1. The highest BCUT2D eigenvalue weighted by molar-refractivity contribution is 6.45. The standard InChI is InChI=1S/C15H16Cl2N2/c1-2-18-8-11-9-4-3-5-13(9)19-15-10(11)6-7-12(16)14(15)17/h6-7,18H,2-5,8H2,1H3. The van der Waals surface area contributed by atoms with Crippen LogP contribution in [-0.2, 0) is 19.4 Å². The molecule has 100 valence electrons. The van der Waals surface area contributed by atoms with E-state index in [1.165, 1.54) is 23.2 Å². The van der Waals surface area contributed by atoms with Crippen molar-refractivity contribution in [2.24, 2.45) is 0 Å².